The molecule has 0 saturated carbocycles. The van der Waals surface area contributed by atoms with Crippen LogP contribution in [0.15, 0.2) is 33.6 Å². The molecule has 7 heteroatoms. The lowest BCUT2D eigenvalue weighted by Gasteiger charge is -2.27. The van der Waals surface area contributed by atoms with Crippen LogP contribution in [0.3, 0.4) is 0 Å². The maximum Gasteiger partial charge on any atom is 0.285 e. The summed E-state index contributed by atoms with van der Waals surface area (Å²) in [4.78, 5) is 1.89. The van der Waals surface area contributed by atoms with Crippen molar-refractivity contribution in [1.82, 2.24) is 4.90 Å². The van der Waals surface area contributed by atoms with Crippen molar-refractivity contribution in [2.24, 2.45) is 10.1 Å². The van der Waals surface area contributed by atoms with E-state index in [0.717, 1.165) is 0 Å². The molecule has 0 aromatic heterocycles. The molecule has 0 atom stereocenters. The van der Waals surface area contributed by atoms with E-state index in [1.54, 1.807) is 30.0 Å². The molecular weight excluding hydrogens is 266 g/mol. The van der Waals surface area contributed by atoms with Crippen LogP contribution in [0.5, 0.6) is 0 Å². The molecule has 2 N–H and O–H groups in total. The summed E-state index contributed by atoms with van der Waals surface area (Å²) in [6.45, 7) is 3.89. The summed E-state index contributed by atoms with van der Waals surface area (Å²) in [6, 6.07) is 6.71. The van der Waals surface area contributed by atoms with E-state index in [4.69, 9.17) is 10.5 Å². The van der Waals surface area contributed by atoms with Gasteiger partial charge in [-0.05, 0) is 18.6 Å². The highest BCUT2D eigenvalue weighted by molar-refractivity contribution is 7.90. The van der Waals surface area contributed by atoms with E-state index in [-0.39, 0.29) is 10.9 Å². The van der Waals surface area contributed by atoms with Gasteiger partial charge in [0.05, 0.1) is 18.1 Å². The van der Waals surface area contributed by atoms with Crippen LogP contribution in [0, 0.1) is 6.92 Å². The van der Waals surface area contributed by atoms with Crippen molar-refractivity contribution in [2.75, 3.05) is 26.3 Å². The van der Waals surface area contributed by atoms with E-state index >= 15 is 0 Å². The van der Waals surface area contributed by atoms with Crippen LogP contribution >= 0.6 is 0 Å². The molecule has 2 rings (SSSR count). The number of morpholine rings is 1. The Morgan fingerprint density at radius 3 is 2.58 bits per heavy atom. The monoisotopic (exact) mass is 283 g/mol. The summed E-state index contributed by atoms with van der Waals surface area (Å²) in [5.41, 5.74) is 6.42. The summed E-state index contributed by atoms with van der Waals surface area (Å²) in [6.07, 6.45) is 0. The molecule has 0 spiro atoms. The fourth-order valence-electron chi connectivity index (χ4n) is 1.87. The van der Waals surface area contributed by atoms with Crippen LogP contribution < -0.4 is 5.73 Å². The lowest BCUT2D eigenvalue weighted by atomic mass is 10.2. The molecule has 1 aromatic carbocycles. The minimum Gasteiger partial charge on any atom is -0.378 e. The summed E-state index contributed by atoms with van der Waals surface area (Å²) < 4.78 is 33.2. The number of aryl methyl sites for hydroxylation is 1. The van der Waals surface area contributed by atoms with Gasteiger partial charge in [0.2, 0.25) is 5.96 Å². The predicted octanol–water partition coefficient (Wildman–Crippen LogP) is 0.331. The third-order valence-corrected chi connectivity index (χ3v) is 4.36. The van der Waals surface area contributed by atoms with Gasteiger partial charge < -0.3 is 15.4 Å². The number of guanidine groups is 1. The molecule has 1 saturated heterocycles. The Labute approximate surface area is 112 Å². The van der Waals surface area contributed by atoms with Crippen molar-refractivity contribution in [3.8, 4) is 0 Å². The number of nitrogens with two attached hydrogens (primary N) is 1. The second-order valence-electron chi connectivity index (χ2n) is 4.29. The number of benzene rings is 1. The van der Waals surface area contributed by atoms with Crippen molar-refractivity contribution < 1.29 is 13.2 Å². The van der Waals surface area contributed by atoms with E-state index < -0.39 is 10.0 Å². The maximum absolute atomic E-state index is 12.2. The largest absolute Gasteiger partial charge is 0.378 e. The van der Waals surface area contributed by atoms with E-state index in [9.17, 15) is 8.42 Å². The maximum atomic E-state index is 12.2. The van der Waals surface area contributed by atoms with Crippen molar-refractivity contribution in [2.45, 2.75) is 11.8 Å². The molecule has 1 heterocycles. The smallest absolute Gasteiger partial charge is 0.285 e. The minimum absolute atomic E-state index is 0.0200. The van der Waals surface area contributed by atoms with Gasteiger partial charge in [-0.15, -0.1) is 4.40 Å². The van der Waals surface area contributed by atoms with Crippen LogP contribution in [0.1, 0.15) is 5.56 Å². The number of sulfonamides is 1. The van der Waals surface area contributed by atoms with Crippen LogP contribution in [-0.4, -0.2) is 45.6 Å². The van der Waals surface area contributed by atoms with Gasteiger partial charge in [-0.25, -0.2) is 0 Å². The Balaban J connectivity index is 2.27. The highest BCUT2D eigenvalue weighted by atomic mass is 32.2. The fourth-order valence-corrected chi connectivity index (χ4v) is 3.05. The predicted molar refractivity (Wildman–Crippen MR) is 72.4 cm³/mol. The second kappa shape index (κ2) is 5.58. The highest BCUT2D eigenvalue weighted by Gasteiger charge is 2.19. The average Bonchev–Trinajstić information content (AvgIpc) is 2.39. The molecule has 104 valence electrons. The Kier molecular flexibility index (Phi) is 4.06. The second-order valence-corrected chi connectivity index (χ2v) is 5.86. The average molecular weight is 283 g/mol. The molecule has 6 nitrogen and oxygen atoms in total. The van der Waals surface area contributed by atoms with Crippen LogP contribution in [0.25, 0.3) is 0 Å². The number of hydrogen-bond acceptors (Lipinski definition) is 3. The Hall–Kier alpha value is -1.60. The first-order chi connectivity index (χ1) is 9.00. The van der Waals surface area contributed by atoms with Gasteiger partial charge in [0.15, 0.2) is 0 Å². The normalized spacial score (nSPS) is 17.5. The number of nitrogens with zero attached hydrogens (tertiary/aromatic N) is 2. The number of rotatable bonds is 2. The van der Waals surface area contributed by atoms with Crippen molar-refractivity contribution in [3.63, 3.8) is 0 Å². The molecule has 19 heavy (non-hydrogen) atoms. The quantitative estimate of drug-likeness (QED) is 0.624. The van der Waals surface area contributed by atoms with E-state index in [0.29, 0.717) is 31.9 Å². The first kappa shape index (κ1) is 13.8. The highest BCUT2D eigenvalue weighted by Crippen LogP contribution is 2.17. The first-order valence-corrected chi connectivity index (χ1v) is 7.43. The van der Waals surface area contributed by atoms with Gasteiger partial charge in [-0.2, -0.15) is 8.42 Å². The molecule has 0 radical (unpaired) electrons. The third-order valence-electron chi connectivity index (χ3n) is 2.92. The molecule has 0 aliphatic carbocycles. The van der Waals surface area contributed by atoms with Crippen LogP contribution in [-0.2, 0) is 14.8 Å². The fraction of sp³-hybridized carbons (Fsp3) is 0.417. The van der Waals surface area contributed by atoms with Crippen LogP contribution in [0.4, 0.5) is 0 Å². The third kappa shape index (κ3) is 3.24. The molecule has 0 unspecified atom stereocenters. The Morgan fingerprint density at radius 2 is 1.95 bits per heavy atom. The van der Waals surface area contributed by atoms with Gasteiger partial charge in [-0.3, -0.25) is 0 Å². The van der Waals surface area contributed by atoms with Gasteiger partial charge in [0.25, 0.3) is 10.0 Å². The van der Waals surface area contributed by atoms with Gasteiger partial charge in [-0.1, -0.05) is 18.2 Å². The van der Waals surface area contributed by atoms with E-state index in [2.05, 4.69) is 4.40 Å². The summed E-state index contributed by atoms with van der Waals surface area (Å²) in [5.74, 6) is 0.0200. The Bertz CT molecular complexity index is 578. The SMILES string of the molecule is Cc1ccccc1S(=O)(=O)/N=C(\N)N1CCOCC1. The lowest BCUT2D eigenvalue weighted by molar-refractivity contribution is 0.0676. The first-order valence-electron chi connectivity index (χ1n) is 5.99. The summed E-state index contributed by atoms with van der Waals surface area (Å²) in [5, 5.41) is 0. The molecule has 1 aliphatic heterocycles. The number of hydrogen-bond donors (Lipinski definition) is 1. The standard InChI is InChI=1S/C12H17N3O3S/c1-10-4-2-3-5-11(10)19(16,17)14-12(13)15-6-8-18-9-7-15/h2-5H,6-9H2,1H3,(H2,13,14). The van der Waals surface area contributed by atoms with Crippen LogP contribution in [0.2, 0.25) is 0 Å². The summed E-state index contributed by atoms with van der Waals surface area (Å²) >= 11 is 0. The zero-order valence-electron chi connectivity index (χ0n) is 10.7. The van der Waals surface area contributed by atoms with E-state index in [1.165, 1.54) is 6.07 Å². The Morgan fingerprint density at radius 1 is 1.32 bits per heavy atom. The zero-order valence-corrected chi connectivity index (χ0v) is 11.6. The van der Waals surface area contributed by atoms with Gasteiger partial charge in [0.1, 0.15) is 0 Å². The molecule has 1 fully saturated rings. The lowest BCUT2D eigenvalue weighted by Crippen LogP contribution is -2.45. The molecular formula is C12H17N3O3S. The van der Waals surface area contributed by atoms with Crippen molar-refractivity contribution in [3.05, 3.63) is 29.8 Å². The molecule has 0 bridgehead atoms. The molecule has 1 aliphatic rings. The number of ether oxygens (including phenoxy) is 1. The van der Waals surface area contributed by atoms with Crippen molar-refractivity contribution in [1.29, 1.82) is 0 Å². The van der Waals surface area contributed by atoms with E-state index in [1.807, 2.05) is 0 Å². The topological polar surface area (TPSA) is 85.0 Å². The molecule has 0 amide bonds. The summed E-state index contributed by atoms with van der Waals surface area (Å²) in [7, 11) is -3.76. The molecule has 1 aromatic rings. The zero-order chi connectivity index (χ0) is 13.9. The minimum atomic E-state index is -3.76. The van der Waals surface area contributed by atoms with Crippen molar-refractivity contribution >= 4 is 16.0 Å². The van der Waals surface area contributed by atoms with Gasteiger partial charge >= 0.3 is 0 Å². The van der Waals surface area contributed by atoms with Gasteiger partial charge in [0, 0.05) is 13.1 Å².